The summed E-state index contributed by atoms with van der Waals surface area (Å²) in [5.41, 5.74) is 1.37. The number of rotatable bonds is 6. The van der Waals surface area contributed by atoms with E-state index in [4.69, 9.17) is 21.7 Å². The number of epoxide rings is 1. The molecule has 0 aromatic heterocycles. The van der Waals surface area contributed by atoms with E-state index in [-0.39, 0.29) is 12.2 Å². The molecular weight excluding hydrogens is 280 g/mol. The molecule has 1 aliphatic heterocycles. The first-order valence-electron chi connectivity index (χ1n) is 7.29. The minimum Gasteiger partial charge on any atom is -0.447 e. The first-order valence-corrected chi connectivity index (χ1v) is 7.70. The van der Waals surface area contributed by atoms with Crippen molar-refractivity contribution in [2.45, 2.75) is 31.5 Å². The number of thiocarbonyl (C=S) groups is 1. The first-order chi connectivity index (χ1) is 10.3. The lowest BCUT2D eigenvalue weighted by Crippen LogP contribution is -2.14. The molecule has 2 aromatic carbocycles. The average molecular weight is 298 g/mol. The number of aryl methyl sites for hydroxylation is 1. The van der Waals surface area contributed by atoms with Crippen LogP contribution in [-0.2, 0) is 11.2 Å². The van der Waals surface area contributed by atoms with Crippen molar-refractivity contribution >= 4 is 17.3 Å². The molecule has 21 heavy (non-hydrogen) atoms. The summed E-state index contributed by atoms with van der Waals surface area (Å²) in [7, 11) is 0. The van der Waals surface area contributed by atoms with Crippen LogP contribution in [-0.4, -0.2) is 17.3 Å². The molecule has 1 saturated heterocycles. The third kappa shape index (κ3) is 4.13. The predicted molar refractivity (Wildman–Crippen MR) is 87.7 cm³/mol. The lowest BCUT2D eigenvalue weighted by atomic mass is 10.1. The molecule has 108 valence electrons. The van der Waals surface area contributed by atoms with Crippen LogP contribution in [0.1, 0.15) is 18.4 Å². The summed E-state index contributed by atoms with van der Waals surface area (Å²) in [5.74, 6) is 0.779. The molecule has 1 heterocycles. The molecule has 0 N–H and O–H groups in total. The summed E-state index contributed by atoms with van der Waals surface area (Å²) >= 11 is 5.30. The van der Waals surface area contributed by atoms with Crippen LogP contribution in [0, 0.1) is 0 Å². The monoisotopic (exact) mass is 298 g/mol. The largest absolute Gasteiger partial charge is 0.447 e. The highest BCUT2D eigenvalue weighted by molar-refractivity contribution is 7.80. The SMILES string of the molecule is S=C(Oc1ccccc1)[C@@H]1O[C@@H]1CCCc1ccccc1. The molecule has 3 heteroatoms. The Morgan fingerprint density at radius 2 is 1.67 bits per heavy atom. The molecule has 2 nitrogen and oxygen atoms in total. The molecule has 0 saturated carbocycles. The van der Waals surface area contributed by atoms with Crippen LogP contribution in [0.15, 0.2) is 60.7 Å². The number of hydrogen-bond donors (Lipinski definition) is 0. The zero-order valence-corrected chi connectivity index (χ0v) is 12.6. The van der Waals surface area contributed by atoms with Crippen molar-refractivity contribution in [1.82, 2.24) is 0 Å². The van der Waals surface area contributed by atoms with Gasteiger partial charge in [0.2, 0.25) is 0 Å². The molecular formula is C18H18O2S. The van der Waals surface area contributed by atoms with Crippen molar-refractivity contribution in [3.05, 3.63) is 66.2 Å². The minimum atomic E-state index is -0.0176. The van der Waals surface area contributed by atoms with Crippen molar-refractivity contribution in [2.75, 3.05) is 0 Å². The van der Waals surface area contributed by atoms with E-state index in [2.05, 4.69) is 24.3 Å². The lowest BCUT2D eigenvalue weighted by molar-refractivity contribution is 0.371. The summed E-state index contributed by atoms with van der Waals surface area (Å²) in [6.07, 6.45) is 3.43. The van der Waals surface area contributed by atoms with Gasteiger partial charge >= 0.3 is 0 Å². The van der Waals surface area contributed by atoms with Crippen LogP contribution in [0.2, 0.25) is 0 Å². The van der Waals surface area contributed by atoms with E-state index < -0.39 is 0 Å². The number of benzene rings is 2. The highest BCUT2D eigenvalue weighted by atomic mass is 32.1. The van der Waals surface area contributed by atoms with Crippen molar-refractivity contribution in [3.63, 3.8) is 0 Å². The molecule has 3 rings (SSSR count). The second kappa shape index (κ2) is 6.83. The Morgan fingerprint density at radius 3 is 2.38 bits per heavy atom. The van der Waals surface area contributed by atoms with Crippen LogP contribution >= 0.6 is 12.2 Å². The molecule has 1 aliphatic rings. The van der Waals surface area contributed by atoms with Crippen LogP contribution in [0.25, 0.3) is 0 Å². The highest BCUT2D eigenvalue weighted by Crippen LogP contribution is 2.29. The second-order valence-corrected chi connectivity index (χ2v) is 5.61. The molecule has 0 radical (unpaired) electrons. The van der Waals surface area contributed by atoms with Crippen LogP contribution in [0.4, 0.5) is 0 Å². The third-order valence-corrected chi connectivity index (χ3v) is 3.89. The molecule has 0 aliphatic carbocycles. The van der Waals surface area contributed by atoms with E-state index >= 15 is 0 Å². The molecule has 0 spiro atoms. The van der Waals surface area contributed by atoms with E-state index in [9.17, 15) is 0 Å². The minimum absolute atomic E-state index is 0.0176. The maximum atomic E-state index is 5.64. The van der Waals surface area contributed by atoms with Gasteiger partial charge in [-0.25, -0.2) is 0 Å². The number of ether oxygens (including phenoxy) is 2. The van der Waals surface area contributed by atoms with E-state index in [1.165, 1.54) is 5.56 Å². The average Bonchev–Trinajstić information content (AvgIpc) is 3.29. The van der Waals surface area contributed by atoms with Gasteiger partial charge in [-0.2, -0.15) is 0 Å². The Morgan fingerprint density at radius 1 is 1.00 bits per heavy atom. The van der Waals surface area contributed by atoms with Crippen LogP contribution in [0.3, 0.4) is 0 Å². The topological polar surface area (TPSA) is 21.8 Å². The van der Waals surface area contributed by atoms with Crippen LogP contribution in [0.5, 0.6) is 5.75 Å². The Hall–Kier alpha value is -1.71. The fourth-order valence-electron chi connectivity index (χ4n) is 2.38. The molecule has 0 amide bonds. The maximum absolute atomic E-state index is 5.64. The van der Waals surface area contributed by atoms with Gasteiger partial charge in [0.15, 0.2) is 11.2 Å². The van der Waals surface area contributed by atoms with Crippen molar-refractivity contribution in [1.29, 1.82) is 0 Å². The van der Waals surface area contributed by atoms with Gasteiger partial charge in [-0.3, -0.25) is 0 Å². The Kier molecular flexibility index (Phi) is 4.63. The maximum Gasteiger partial charge on any atom is 0.198 e. The van der Waals surface area contributed by atoms with Gasteiger partial charge in [-0.15, -0.1) is 0 Å². The van der Waals surface area contributed by atoms with Crippen molar-refractivity contribution in [2.24, 2.45) is 0 Å². The first kappa shape index (κ1) is 14.2. The van der Waals surface area contributed by atoms with Gasteiger partial charge in [0.05, 0.1) is 6.10 Å². The van der Waals surface area contributed by atoms with Crippen LogP contribution < -0.4 is 4.74 Å². The summed E-state index contributed by atoms with van der Waals surface area (Å²) in [6, 6.07) is 20.1. The second-order valence-electron chi connectivity index (χ2n) is 5.21. The normalized spacial score (nSPS) is 20.0. The van der Waals surface area contributed by atoms with E-state index in [1.54, 1.807) is 0 Å². The van der Waals surface area contributed by atoms with Gasteiger partial charge in [0, 0.05) is 0 Å². The quantitative estimate of drug-likeness (QED) is 0.590. The highest BCUT2D eigenvalue weighted by Gasteiger charge is 2.43. The van der Waals surface area contributed by atoms with Gasteiger partial charge in [0.1, 0.15) is 5.75 Å². The Labute approximate surface area is 130 Å². The van der Waals surface area contributed by atoms with E-state index in [0.29, 0.717) is 5.05 Å². The molecule has 0 unspecified atom stereocenters. The Balaban J connectivity index is 1.39. The molecule has 0 bridgehead atoms. The van der Waals surface area contributed by atoms with Gasteiger partial charge < -0.3 is 9.47 Å². The van der Waals surface area contributed by atoms with Gasteiger partial charge in [-0.1, -0.05) is 48.5 Å². The summed E-state index contributed by atoms with van der Waals surface area (Å²) in [5, 5.41) is 0.547. The summed E-state index contributed by atoms with van der Waals surface area (Å²) in [6.45, 7) is 0. The Bertz CT molecular complexity index is 583. The van der Waals surface area contributed by atoms with E-state index in [1.807, 2.05) is 36.4 Å². The predicted octanol–water partition coefficient (Wildman–Crippen LogP) is 4.18. The van der Waals surface area contributed by atoms with Crippen molar-refractivity contribution < 1.29 is 9.47 Å². The summed E-state index contributed by atoms with van der Waals surface area (Å²) in [4.78, 5) is 0. The van der Waals surface area contributed by atoms with E-state index in [0.717, 1.165) is 25.0 Å². The fourth-order valence-corrected chi connectivity index (χ4v) is 2.69. The van der Waals surface area contributed by atoms with Crippen molar-refractivity contribution in [3.8, 4) is 5.75 Å². The van der Waals surface area contributed by atoms with Gasteiger partial charge in [-0.05, 0) is 49.2 Å². The number of hydrogen-bond acceptors (Lipinski definition) is 3. The number of para-hydroxylation sites is 1. The molecule has 2 atom stereocenters. The standard InChI is InChI=1S/C18H18O2S/c21-18(19-15-11-5-2-6-12-15)17-16(20-17)13-7-10-14-8-3-1-4-9-14/h1-6,8-9,11-12,16-17H,7,10,13H2/t16-,17-/m1/s1. The zero-order valence-electron chi connectivity index (χ0n) is 11.8. The van der Waals surface area contributed by atoms with Gasteiger partial charge in [0.25, 0.3) is 0 Å². The lowest BCUT2D eigenvalue weighted by Gasteiger charge is -2.04. The fraction of sp³-hybridized carbons (Fsp3) is 0.278. The molecule has 2 aromatic rings. The third-order valence-electron chi connectivity index (χ3n) is 3.57. The zero-order chi connectivity index (χ0) is 14.5. The smallest absolute Gasteiger partial charge is 0.198 e. The summed E-state index contributed by atoms with van der Waals surface area (Å²) < 4.78 is 11.3. The molecule has 1 fully saturated rings.